The van der Waals surface area contributed by atoms with Crippen molar-refractivity contribution in [3.05, 3.63) is 63.4 Å². The molecule has 0 bridgehead atoms. The van der Waals surface area contributed by atoms with Gasteiger partial charge in [0.05, 0.1) is 0 Å². The molecule has 0 amide bonds. The zero-order valence-corrected chi connectivity index (χ0v) is 12.2. The standard InChI is InChI=1S/C15H15BrFNO/c1-10-6-13(4-5-14(10)16)19-9-12-3-2-11(8-18)7-15(12)17/h2-7H,8-9,18H2,1H3. The highest BCUT2D eigenvalue weighted by atomic mass is 79.9. The Kier molecular flexibility index (Phi) is 4.56. The van der Waals surface area contributed by atoms with Gasteiger partial charge in [0, 0.05) is 16.6 Å². The first kappa shape index (κ1) is 14.0. The molecule has 0 heterocycles. The second-order valence-corrected chi connectivity index (χ2v) is 5.18. The first-order valence-electron chi connectivity index (χ1n) is 5.96. The Bertz CT molecular complexity index is 586. The number of rotatable bonds is 4. The molecule has 19 heavy (non-hydrogen) atoms. The number of hydrogen-bond donors (Lipinski definition) is 1. The molecular formula is C15H15BrFNO. The van der Waals surface area contributed by atoms with Crippen molar-refractivity contribution in [1.82, 2.24) is 0 Å². The first-order chi connectivity index (χ1) is 9.10. The van der Waals surface area contributed by atoms with Crippen LogP contribution >= 0.6 is 15.9 Å². The summed E-state index contributed by atoms with van der Waals surface area (Å²) in [7, 11) is 0. The van der Waals surface area contributed by atoms with Crippen LogP contribution in [0, 0.1) is 12.7 Å². The molecule has 100 valence electrons. The summed E-state index contributed by atoms with van der Waals surface area (Å²) < 4.78 is 20.4. The van der Waals surface area contributed by atoms with Crippen molar-refractivity contribution in [2.24, 2.45) is 5.73 Å². The molecule has 2 aromatic carbocycles. The maximum Gasteiger partial charge on any atom is 0.130 e. The van der Waals surface area contributed by atoms with E-state index in [9.17, 15) is 4.39 Å². The fourth-order valence-corrected chi connectivity index (χ4v) is 1.95. The average molecular weight is 324 g/mol. The molecule has 2 nitrogen and oxygen atoms in total. The van der Waals surface area contributed by atoms with Crippen LogP contribution < -0.4 is 10.5 Å². The summed E-state index contributed by atoms with van der Waals surface area (Å²) in [5.41, 5.74) is 7.85. The zero-order valence-electron chi connectivity index (χ0n) is 10.6. The van der Waals surface area contributed by atoms with Gasteiger partial charge in [-0.15, -0.1) is 0 Å². The van der Waals surface area contributed by atoms with Crippen LogP contribution in [0.3, 0.4) is 0 Å². The van der Waals surface area contributed by atoms with Gasteiger partial charge in [0.25, 0.3) is 0 Å². The van der Waals surface area contributed by atoms with Crippen LogP contribution in [0.5, 0.6) is 5.75 Å². The SMILES string of the molecule is Cc1cc(OCc2ccc(CN)cc2F)ccc1Br. The van der Waals surface area contributed by atoms with Crippen molar-refractivity contribution in [3.8, 4) is 5.75 Å². The lowest BCUT2D eigenvalue weighted by Gasteiger charge is -2.09. The van der Waals surface area contributed by atoms with Gasteiger partial charge < -0.3 is 10.5 Å². The van der Waals surface area contributed by atoms with Crippen molar-refractivity contribution in [2.45, 2.75) is 20.1 Å². The van der Waals surface area contributed by atoms with Crippen molar-refractivity contribution in [1.29, 1.82) is 0 Å². The van der Waals surface area contributed by atoms with Crippen molar-refractivity contribution >= 4 is 15.9 Å². The summed E-state index contributed by atoms with van der Waals surface area (Å²) in [4.78, 5) is 0. The molecule has 0 unspecified atom stereocenters. The molecule has 0 saturated heterocycles. The molecule has 0 aliphatic heterocycles. The largest absolute Gasteiger partial charge is 0.489 e. The Morgan fingerprint density at radius 2 is 2.00 bits per heavy atom. The Hall–Kier alpha value is -1.39. The molecule has 0 radical (unpaired) electrons. The minimum absolute atomic E-state index is 0.206. The van der Waals surface area contributed by atoms with Crippen LogP contribution in [-0.4, -0.2) is 0 Å². The molecule has 0 aliphatic rings. The van der Waals surface area contributed by atoms with E-state index in [0.29, 0.717) is 12.1 Å². The van der Waals surface area contributed by atoms with E-state index in [2.05, 4.69) is 15.9 Å². The van der Waals surface area contributed by atoms with E-state index in [1.807, 2.05) is 31.2 Å². The maximum atomic E-state index is 13.7. The second-order valence-electron chi connectivity index (χ2n) is 4.33. The highest BCUT2D eigenvalue weighted by Gasteiger charge is 2.05. The van der Waals surface area contributed by atoms with Gasteiger partial charge in [0.15, 0.2) is 0 Å². The summed E-state index contributed by atoms with van der Waals surface area (Å²) in [5.74, 6) is 0.444. The van der Waals surface area contributed by atoms with E-state index in [1.165, 1.54) is 6.07 Å². The molecule has 0 spiro atoms. The highest BCUT2D eigenvalue weighted by Crippen LogP contribution is 2.22. The number of halogens is 2. The minimum atomic E-state index is -0.281. The Balaban J connectivity index is 2.07. The number of nitrogens with two attached hydrogens (primary N) is 1. The zero-order chi connectivity index (χ0) is 13.8. The Labute approximate surface area is 120 Å². The van der Waals surface area contributed by atoms with Gasteiger partial charge in [0.2, 0.25) is 0 Å². The van der Waals surface area contributed by atoms with Crippen LogP contribution in [-0.2, 0) is 13.2 Å². The van der Waals surface area contributed by atoms with E-state index in [0.717, 1.165) is 21.3 Å². The summed E-state index contributed by atoms with van der Waals surface area (Å²) in [6.45, 7) is 2.52. The highest BCUT2D eigenvalue weighted by molar-refractivity contribution is 9.10. The predicted octanol–water partition coefficient (Wildman–Crippen LogP) is 3.93. The Morgan fingerprint density at radius 1 is 1.21 bits per heavy atom. The van der Waals surface area contributed by atoms with Gasteiger partial charge in [-0.3, -0.25) is 0 Å². The van der Waals surface area contributed by atoms with Crippen LogP contribution in [0.2, 0.25) is 0 Å². The van der Waals surface area contributed by atoms with Gasteiger partial charge in [-0.05, 0) is 42.3 Å². The van der Waals surface area contributed by atoms with Gasteiger partial charge in [-0.25, -0.2) is 4.39 Å². The van der Waals surface area contributed by atoms with E-state index in [4.69, 9.17) is 10.5 Å². The lowest BCUT2D eigenvalue weighted by molar-refractivity contribution is 0.299. The monoisotopic (exact) mass is 323 g/mol. The van der Waals surface area contributed by atoms with E-state index in [-0.39, 0.29) is 12.4 Å². The van der Waals surface area contributed by atoms with Crippen molar-refractivity contribution in [3.63, 3.8) is 0 Å². The third kappa shape index (κ3) is 3.55. The molecule has 0 fully saturated rings. The molecule has 2 N–H and O–H groups in total. The topological polar surface area (TPSA) is 35.2 Å². The lowest BCUT2D eigenvalue weighted by Crippen LogP contribution is -2.02. The van der Waals surface area contributed by atoms with Crippen LogP contribution in [0.4, 0.5) is 4.39 Å². The van der Waals surface area contributed by atoms with Gasteiger partial charge in [-0.1, -0.05) is 28.1 Å². The number of ether oxygens (including phenoxy) is 1. The first-order valence-corrected chi connectivity index (χ1v) is 6.76. The molecule has 0 aliphatic carbocycles. The van der Waals surface area contributed by atoms with Gasteiger partial charge in [0.1, 0.15) is 18.2 Å². The summed E-state index contributed by atoms with van der Waals surface area (Å²) in [5, 5.41) is 0. The van der Waals surface area contributed by atoms with Crippen LogP contribution in [0.15, 0.2) is 40.9 Å². The number of aryl methyl sites for hydroxylation is 1. The molecule has 4 heteroatoms. The minimum Gasteiger partial charge on any atom is -0.489 e. The molecule has 2 aromatic rings. The predicted molar refractivity (Wildman–Crippen MR) is 77.5 cm³/mol. The van der Waals surface area contributed by atoms with E-state index in [1.54, 1.807) is 6.07 Å². The Morgan fingerprint density at radius 3 is 2.63 bits per heavy atom. The van der Waals surface area contributed by atoms with Crippen molar-refractivity contribution in [2.75, 3.05) is 0 Å². The lowest BCUT2D eigenvalue weighted by atomic mass is 10.1. The second kappa shape index (κ2) is 6.17. The smallest absolute Gasteiger partial charge is 0.130 e. The normalized spacial score (nSPS) is 10.5. The van der Waals surface area contributed by atoms with Crippen LogP contribution in [0.1, 0.15) is 16.7 Å². The van der Waals surface area contributed by atoms with E-state index < -0.39 is 0 Å². The third-order valence-corrected chi connectivity index (χ3v) is 3.77. The molecular weight excluding hydrogens is 309 g/mol. The molecule has 0 atom stereocenters. The average Bonchev–Trinajstić information content (AvgIpc) is 2.41. The van der Waals surface area contributed by atoms with Crippen LogP contribution in [0.25, 0.3) is 0 Å². The van der Waals surface area contributed by atoms with Crippen molar-refractivity contribution < 1.29 is 9.13 Å². The summed E-state index contributed by atoms with van der Waals surface area (Å²) in [6.07, 6.45) is 0. The maximum absolute atomic E-state index is 13.7. The number of hydrogen-bond acceptors (Lipinski definition) is 2. The third-order valence-electron chi connectivity index (χ3n) is 2.88. The number of benzene rings is 2. The summed E-state index contributed by atoms with van der Waals surface area (Å²) >= 11 is 3.43. The quantitative estimate of drug-likeness (QED) is 0.925. The van der Waals surface area contributed by atoms with Gasteiger partial charge in [-0.2, -0.15) is 0 Å². The molecule has 0 aromatic heterocycles. The molecule has 2 rings (SSSR count). The molecule has 0 saturated carbocycles. The fourth-order valence-electron chi connectivity index (χ4n) is 1.70. The van der Waals surface area contributed by atoms with Gasteiger partial charge >= 0.3 is 0 Å². The summed E-state index contributed by atoms with van der Waals surface area (Å²) in [6, 6.07) is 10.7. The van der Waals surface area contributed by atoms with E-state index >= 15 is 0 Å². The fraction of sp³-hybridized carbons (Fsp3) is 0.200.